The molecule has 2 aliphatic carbocycles. The molecule has 4 aliphatic rings. The van der Waals surface area contributed by atoms with E-state index in [0.29, 0.717) is 11.8 Å². The van der Waals surface area contributed by atoms with Crippen LogP contribution in [0, 0.1) is 5.92 Å². The molecule has 0 saturated carbocycles. The van der Waals surface area contributed by atoms with Gasteiger partial charge < -0.3 is 18.9 Å². The van der Waals surface area contributed by atoms with Gasteiger partial charge in [0, 0.05) is 22.9 Å². The Kier molecular flexibility index (Phi) is 2.99. The third-order valence-electron chi connectivity index (χ3n) is 6.38. The summed E-state index contributed by atoms with van der Waals surface area (Å²) in [4.78, 5) is 2.39. The number of benzene rings is 1. The molecule has 1 spiro atoms. The van der Waals surface area contributed by atoms with E-state index < -0.39 is 22.3 Å². The van der Waals surface area contributed by atoms with Crippen molar-refractivity contribution >= 4 is 10.1 Å². The van der Waals surface area contributed by atoms with E-state index in [1.165, 1.54) is 5.56 Å². The molecule has 5 rings (SSSR count). The van der Waals surface area contributed by atoms with E-state index >= 15 is 0 Å². The third-order valence-corrected chi connectivity index (χ3v) is 6.86. The van der Waals surface area contributed by atoms with Crippen LogP contribution in [0.1, 0.15) is 17.5 Å². The fourth-order valence-electron chi connectivity index (χ4n) is 5.46. The zero-order valence-corrected chi connectivity index (χ0v) is 15.0. The van der Waals surface area contributed by atoms with Crippen molar-refractivity contribution in [2.24, 2.45) is 5.92 Å². The Morgan fingerprint density at radius 2 is 2.16 bits per heavy atom. The molecule has 5 atom stereocenters. The van der Waals surface area contributed by atoms with Crippen molar-refractivity contribution in [3.63, 3.8) is 0 Å². The standard InChI is InChI=1S/C18H21NO5S/c1-19-8-7-18-11-4-5-13(20)17(18)23-16-14(24-25(2,21)22)6-3-10(15(16)18)9-12(11)19/h3-6,11-13,17,20H,7-9H2,1-2H3. The summed E-state index contributed by atoms with van der Waals surface area (Å²) in [6.07, 6.45) is 5.66. The zero-order valence-electron chi connectivity index (χ0n) is 14.2. The topological polar surface area (TPSA) is 76.1 Å². The van der Waals surface area contributed by atoms with Gasteiger partial charge in [0.15, 0.2) is 11.5 Å². The fourth-order valence-corrected chi connectivity index (χ4v) is 5.91. The first kappa shape index (κ1) is 15.7. The van der Waals surface area contributed by atoms with Crippen LogP contribution in [0.2, 0.25) is 0 Å². The van der Waals surface area contributed by atoms with Gasteiger partial charge in [0.05, 0.1) is 6.26 Å². The van der Waals surface area contributed by atoms with Crippen molar-refractivity contribution in [2.45, 2.75) is 36.5 Å². The van der Waals surface area contributed by atoms with Crippen molar-refractivity contribution in [1.29, 1.82) is 0 Å². The van der Waals surface area contributed by atoms with E-state index in [0.717, 1.165) is 31.2 Å². The van der Waals surface area contributed by atoms with Crippen molar-refractivity contribution in [3.05, 3.63) is 35.4 Å². The van der Waals surface area contributed by atoms with Crippen LogP contribution in [0.5, 0.6) is 11.5 Å². The minimum atomic E-state index is -3.65. The molecule has 1 aromatic rings. The van der Waals surface area contributed by atoms with Crippen LogP contribution in [0.3, 0.4) is 0 Å². The average Bonchev–Trinajstić information content (AvgIpc) is 2.88. The second-order valence-electron chi connectivity index (χ2n) is 7.70. The van der Waals surface area contributed by atoms with Gasteiger partial charge in [0.2, 0.25) is 0 Å². The Balaban J connectivity index is 1.76. The van der Waals surface area contributed by atoms with Gasteiger partial charge >= 0.3 is 10.1 Å². The molecule has 1 N–H and O–H groups in total. The minimum absolute atomic E-state index is 0.230. The molecule has 6 nitrogen and oxygen atoms in total. The number of aliphatic hydroxyl groups is 1. The van der Waals surface area contributed by atoms with E-state index in [-0.39, 0.29) is 17.1 Å². The summed E-state index contributed by atoms with van der Waals surface area (Å²) < 4.78 is 34.7. The molecule has 2 aliphatic heterocycles. The van der Waals surface area contributed by atoms with Crippen molar-refractivity contribution in [3.8, 4) is 11.5 Å². The second-order valence-corrected chi connectivity index (χ2v) is 9.27. The number of aliphatic hydroxyl groups excluding tert-OH is 1. The average molecular weight is 363 g/mol. The predicted molar refractivity (Wildman–Crippen MR) is 91.4 cm³/mol. The van der Waals surface area contributed by atoms with Crippen molar-refractivity contribution in [2.75, 3.05) is 19.8 Å². The molecular weight excluding hydrogens is 342 g/mol. The molecule has 25 heavy (non-hydrogen) atoms. The van der Waals surface area contributed by atoms with Gasteiger partial charge in [-0.25, -0.2) is 0 Å². The third kappa shape index (κ3) is 1.94. The van der Waals surface area contributed by atoms with Crippen LogP contribution in [0.15, 0.2) is 24.3 Å². The quantitative estimate of drug-likeness (QED) is 0.620. The highest BCUT2D eigenvalue weighted by Gasteiger charge is 2.64. The number of ether oxygens (including phenoxy) is 1. The number of hydrogen-bond acceptors (Lipinski definition) is 6. The molecule has 134 valence electrons. The summed E-state index contributed by atoms with van der Waals surface area (Å²) in [5.74, 6) is 0.985. The van der Waals surface area contributed by atoms with Crippen LogP contribution in [-0.4, -0.2) is 56.5 Å². The van der Waals surface area contributed by atoms with Crippen LogP contribution >= 0.6 is 0 Å². The molecule has 0 amide bonds. The summed E-state index contributed by atoms with van der Waals surface area (Å²) in [5, 5.41) is 10.6. The number of nitrogens with zero attached hydrogens (tertiary/aromatic N) is 1. The van der Waals surface area contributed by atoms with Gasteiger partial charge in [-0.1, -0.05) is 18.2 Å². The lowest BCUT2D eigenvalue weighted by molar-refractivity contribution is -0.0452. The lowest BCUT2D eigenvalue weighted by Gasteiger charge is -2.56. The minimum Gasteiger partial charge on any atom is -0.482 e. The predicted octanol–water partition coefficient (Wildman–Crippen LogP) is 0.831. The summed E-state index contributed by atoms with van der Waals surface area (Å²) in [6, 6.07) is 4.00. The van der Waals surface area contributed by atoms with E-state index in [9.17, 15) is 13.5 Å². The Hall–Kier alpha value is -1.57. The number of likely N-dealkylation sites (tertiary alicyclic amines) is 1. The van der Waals surface area contributed by atoms with Gasteiger partial charge in [-0.15, -0.1) is 0 Å². The molecule has 2 bridgehead atoms. The molecule has 7 heteroatoms. The Labute approximate surface area is 147 Å². The summed E-state index contributed by atoms with van der Waals surface area (Å²) >= 11 is 0. The van der Waals surface area contributed by atoms with Crippen LogP contribution in [0.4, 0.5) is 0 Å². The van der Waals surface area contributed by atoms with Crippen LogP contribution in [-0.2, 0) is 22.0 Å². The summed E-state index contributed by atoms with van der Waals surface area (Å²) in [6.45, 7) is 0.928. The maximum absolute atomic E-state index is 11.7. The highest BCUT2D eigenvalue weighted by Crippen LogP contribution is 2.62. The number of rotatable bonds is 2. The van der Waals surface area contributed by atoms with Gasteiger partial charge in [-0.3, -0.25) is 0 Å². The smallest absolute Gasteiger partial charge is 0.306 e. The maximum Gasteiger partial charge on any atom is 0.306 e. The monoisotopic (exact) mass is 363 g/mol. The van der Waals surface area contributed by atoms with E-state index in [1.807, 2.05) is 12.1 Å². The molecular formula is C18H21NO5S. The highest BCUT2D eigenvalue weighted by atomic mass is 32.2. The molecule has 1 aromatic carbocycles. The first-order valence-corrected chi connectivity index (χ1v) is 10.4. The van der Waals surface area contributed by atoms with Gasteiger partial charge in [-0.05, 0) is 38.1 Å². The summed E-state index contributed by atoms with van der Waals surface area (Å²) in [7, 11) is -1.50. The van der Waals surface area contributed by atoms with Crippen LogP contribution < -0.4 is 8.92 Å². The molecule has 1 fully saturated rings. The molecule has 0 aromatic heterocycles. The zero-order chi connectivity index (χ0) is 17.6. The Morgan fingerprint density at radius 1 is 1.36 bits per heavy atom. The molecule has 1 saturated heterocycles. The van der Waals surface area contributed by atoms with Gasteiger partial charge in [0.1, 0.15) is 12.2 Å². The first-order valence-electron chi connectivity index (χ1n) is 8.60. The molecule has 5 unspecified atom stereocenters. The van der Waals surface area contributed by atoms with E-state index in [1.54, 1.807) is 6.07 Å². The SMILES string of the molecule is CN1CCC23c4c5ccc(OS(C)(=O)=O)c4OC2C(O)C=CC3C1C5. The van der Waals surface area contributed by atoms with Gasteiger partial charge in [0.25, 0.3) is 0 Å². The maximum atomic E-state index is 11.7. The number of piperidine rings is 1. The highest BCUT2D eigenvalue weighted by molar-refractivity contribution is 7.86. The fraction of sp³-hybridized carbons (Fsp3) is 0.556. The first-order chi connectivity index (χ1) is 11.8. The normalized spacial score (nSPS) is 38.2. The Bertz CT molecular complexity index is 895. The summed E-state index contributed by atoms with van der Waals surface area (Å²) in [5.41, 5.74) is 1.93. The largest absolute Gasteiger partial charge is 0.482 e. The number of hydrogen-bond donors (Lipinski definition) is 1. The van der Waals surface area contributed by atoms with Crippen molar-refractivity contribution < 1.29 is 22.4 Å². The number of likely N-dealkylation sites (N-methyl/N-ethyl adjacent to an activating group) is 1. The lowest BCUT2D eigenvalue weighted by Crippen LogP contribution is -2.64. The second kappa shape index (κ2) is 4.78. The lowest BCUT2D eigenvalue weighted by atomic mass is 9.53. The van der Waals surface area contributed by atoms with Crippen molar-refractivity contribution in [1.82, 2.24) is 4.90 Å². The molecule has 0 radical (unpaired) electrons. The Morgan fingerprint density at radius 3 is 2.92 bits per heavy atom. The van der Waals surface area contributed by atoms with E-state index in [2.05, 4.69) is 18.0 Å². The van der Waals surface area contributed by atoms with Gasteiger partial charge in [-0.2, -0.15) is 8.42 Å². The van der Waals surface area contributed by atoms with Crippen LogP contribution in [0.25, 0.3) is 0 Å². The molecule has 2 heterocycles. The van der Waals surface area contributed by atoms with E-state index in [4.69, 9.17) is 8.92 Å².